The molecule has 0 aromatic carbocycles. The van der Waals surface area contributed by atoms with Crippen LogP contribution in [0, 0.1) is 0 Å². The van der Waals surface area contributed by atoms with Gasteiger partial charge < -0.3 is 10.2 Å². The number of hydrogen-bond donors (Lipinski definition) is 2. The Balaban J connectivity index is 2.78. The normalized spacial score (nSPS) is 11.4. The summed E-state index contributed by atoms with van der Waals surface area (Å²) in [4.78, 5) is 2.08. The molecule has 0 saturated heterocycles. The Bertz CT molecular complexity index is 368. The summed E-state index contributed by atoms with van der Waals surface area (Å²) < 4.78 is 1.68. The van der Waals surface area contributed by atoms with Gasteiger partial charge in [-0.1, -0.05) is 18.5 Å². The van der Waals surface area contributed by atoms with Gasteiger partial charge in [0, 0.05) is 38.9 Å². The highest BCUT2D eigenvalue weighted by atomic mass is 35.5. The lowest BCUT2D eigenvalue weighted by Crippen LogP contribution is -2.28. The quantitative estimate of drug-likeness (QED) is 0.737. The Labute approximate surface area is 113 Å². The van der Waals surface area contributed by atoms with Crippen molar-refractivity contribution in [3.63, 3.8) is 0 Å². The van der Waals surface area contributed by atoms with Gasteiger partial charge in [0.05, 0.1) is 12.3 Å². The molecule has 0 saturated carbocycles. The number of halogens is 1. The van der Waals surface area contributed by atoms with Crippen LogP contribution in [0.1, 0.15) is 24.6 Å². The molecule has 18 heavy (non-hydrogen) atoms. The van der Waals surface area contributed by atoms with Crippen molar-refractivity contribution >= 4 is 11.6 Å². The zero-order valence-corrected chi connectivity index (χ0v) is 11.8. The molecule has 1 heterocycles. The van der Waals surface area contributed by atoms with E-state index in [1.807, 2.05) is 14.0 Å². The van der Waals surface area contributed by atoms with Crippen molar-refractivity contribution in [2.45, 2.75) is 26.3 Å². The number of aromatic nitrogens is 2. The number of rotatable bonds is 8. The zero-order chi connectivity index (χ0) is 13.5. The van der Waals surface area contributed by atoms with E-state index in [1.165, 1.54) is 0 Å². The molecule has 0 fully saturated rings. The fourth-order valence-corrected chi connectivity index (χ4v) is 2.18. The van der Waals surface area contributed by atoms with E-state index in [4.69, 9.17) is 21.8 Å². The summed E-state index contributed by atoms with van der Waals surface area (Å²) in [7, 11) is 1.83. The van der Waals surface area contributed by atoms with Gasteiger partial charge in [-0.15, -0.1) is 0 Å². The summed E-state index contributed by atoms with van der Waals surface area (Å²) in [6.07, 6.45) is 1.53. The third kappa shape index (κ3) is 3.95. The maximum Gasteiger partial charge on any atom is 0.131 e. The summed E-state index contributed by atoms with van der Waals surface area (Å²) in [6.45, 7) is 4.29. The molecule has 104 valence electrons. The lowest BCUT2D eigenvalue weighted by atomic mass is 10.2. The van der Waals surface area contributed by atoms with E-state index in [0.717, 1.165) is 24.2 Å². The van der Waals surface area contributed by atoms with Gasteiger partial charge in [-0.2, -0.15) is 5.10 Å². The molecular formula is C12H22ClN3O2. The van der Waals surface area contributed by atoms with E-state index < -0.39 is 0 Å². The molecule has 1 aromatic rings. The van der Waals surface area contributed by atoms with Crippen LogP contribution < -0.4 is 0 Å². The van der Waals surface area contributed by atoms with Crippen LogP contribution in [0.2, 0.25) is 5.15 Å². The smallest absolute Gasteiger partial charge is 0.131 e. The molecule has 0 aliphatic heterocycles. The Morgan fingerprint density at radius 2 is 2.00 bits per heavy atom. The molecule has 0 bridgehead atoms. The third-order valence-corrected chi connectivity index (χ3v) is 3.39. The summed E-state index contributed by atoms with van der Waals surface area (Å²) in [5.41, 5.74) is 2.02. The second kappa shape index (κ2) is 7.74. The summed E-state index contributed by atoms with van der Waals surface area (Å²) in [5, 5.41) is 23.0. The highest BCUT2D eigenvalue weighted by Gasteiger charge is 2.16. The second-order valence-electron chi connectivity index (χ2n) is 4.27. The van der Waals surface area contributed by atoms with Crippen molar-refractivity contribution < 1.29 is 10.2 Å². The predicted molar refractivity (Wildman–Crippen MR) is 71.7 cm³/mol. The van der Waals surface area contributed by atoms with Gasteiger partial charge in [-0.25, -0.2) is 0 Å². The number of aliphatic hydroxyl groups excluding tert-OH is 2. The minimum Gasteiger partial charge on any atom is -0.396 e. The van der Waals surface area contributed by atoms with Crippen LogP contribution in [0.15, 0.2) is 0 Å². The van der Waals surface area contributed by atoms with Crippen LogP contribution in [-0.4, -0.2) is 51.2 Å². The molecule has 5 nitrogen and oxygen atoms in total. The van der Waals surface area contributed by atoms with Gasteiger partial charge in [0.25, 0.3) is 0 Å². The fraction of sp³-hybridized carbons (Fsp3) is 0.750. The Morgan fingerprint density at radius 1 is 1.28 bits per heavy atom. The first kappa shape index (κ1) is 15.4. The molecule has 0 aliphatic carbocycles. The van der Waals surface area contributed by atoms with Crippen molar-refractivity contribution in [3.8, 4) is 0 Å². The number of aliphatic hydroxyl groups is 2. The van der Waals surface area contributed by atoms with E-state index in [0.29, 0.717) is 24.7 Å². The molecule has 0 amide bonds. The first-order valence-electron chi connectivity index (χ1n) is 6.28. The highest BCUT2D eigenvalue weighted by Crippen LogP contribution is 2.21. The molecule has 0 atom stereocenters. The van der Waals surface area contributed by atoms with Crippen molar-refractivity contribution in [2.24, 2.45) is 7.05 Å². The number of hydrogen-bond acceptors (Lipinski definition) is 4. The van der Waals surface area contributed by atoms with E-state index in [1.54, 1.807) is 4.68 Å². The summed E-state index contributed by atoms with van der Waals surface area (Å²) in [6, 6.07) is 0. The minimum absolute atomic E-state index is 0.102. The lowest BCUT2D eigenvalue weighted by Gasteiger charge is -2.20. The lowest BCUT2D eigenvalue weighted by molar-refractivity contribution is 0.174. The Morgan fingerprint density at radius 3 is 2.56 bits per heavy atom. The van der Waals surface area contributed by atoms with Crippen LogP contribution >= 0.6 is 11.6 Å². The second-order valence-corrected chi connectivity index (χ2v) is 4.63. The van der Waals surface area contributed by atoms with Crippen molar-refractivity contribution in [1.29, 1.82) is 0 Å². The molecule has 1 rings (SSSR count). The Kier molecular flexibility index (Phi) is 6.63. The molecule has 0 radical (unpaired) electrons. The summed E-state index contributed by atoms with van der Waals surface area (Å²) in [5.74, 6) is 0. The fourth-order valence-electron chi connectivity index (χ4n) is 1.97. The van der Waals surface area contributed by atoms with Crippen LogP contribution in [0.25, 0.3) is 0 Å². The van der Waals surface area contributed by atoms with Gasteiger partial charge in [0.2, 0.25) is 0 Å². The molecule has 1 aromatic heterocycles. The zero-order valence-electron chi connectivity index (χ0n) is 11.1. The molecule has 0 aliphatic rings. The molecule has 2 N–H and O–H groups in total. The first-order valence-corrected chi connectivity index (χ1v) is 6.66. The van der Waals surface area contributed by atoms with Crippen LogP contribution in [-0.2, 0) is 20.0 Å². The van der Waals surface area contributed by atoms with Crippen LogP contribution in [0.5, 0.6) is 0 Å². The average molecular weight is 276 g/mol. The van der Waals surface area contributed by atoms with Crippen molar-refractivity contribution in [1.82, 2.24) is 14.7 Å². The van der Waals surface area contributed by atoms with Crippen molar-refractivity contribution in [3.05, 3.63) is 16.4 Å². The van der Waals surface area contributed by atoms with Gasteiger partial charge >= 0.3 is 0 Å². The van der Waals surface area contributed by atoms with E-state index in [9.17, 15) is 0 Å². The molecule has 0 unspecified atom stereocenters. The van der Waals surface area contributed by atoms with E-state index in [-0.39, 0.29) is 13.2 Å². The maximum absolute atomic E-state index is 9.06. The first-order chi connectivity index (χ1) is 8.63. The van der Waals surface area contributed by atoms with E-state index >= 15 is 0 Å². The molecule has 0 spiro atoms. The topological polar surface area (TPSA) is 61.5 Å². The van der Waals surface area contributed by atoms with Gasteiger partial charge in [0.15, 0.2) is 0 Å². The van der Waals surface area contributed by atoms with Gasteiger partial charge in [-0.3, -0.25) is 9.58 Å². The monoisotopic (exact) mass is 275 g/mol. The molecular weight excluding hydrogens is 254 g/mol. The van der Waals surface area contributed by atoms with Gasteiger partial charge in [-0.05, 0) is 12.8 Å². The minimum atomic E-state index is 0.102. The van der Waals surface area contributed by atoms with Crippen molar-refractivity contribution in [2.75, 3.05) is 26.3 Å². The average Bonchev–Trinajstić information content (AvgIpc) is 2.63. The van der Waals surface area contributed by atoms with Crippen LogP contribution in [0.3, 0.4) is 0 Å². The number of aryl methyl sites for hydroxylation is 2. The third-order valence-electron chi connectivity index (χ3n) is 2.92. The SMILES string of the molecule is CCc1nn(C)c(Cl)c1CN(CCO)CCCO. The maximum atomic E-state index is 9.06. The molecule has 6 heteroatoms. The van der Waals surface area contributed by atoms with Gasteiger partial charge in [0.1, 0.15) is 5.15 Å². The predicted octanol–water partition coefficient (Wildman–Crippen LogP) is 0.813. The largest absolute Gasteiger partial charge is 0.396 e. The Hall–Kier alpha value is -0.620. The van der Waals surface area contributed by atoms with Crippen LogP contribution in [0.4, 0.5) is 0 Å². The summed E-state index contributed by atoms with van der Waals surface area (Å²) >= 11 is 6.23. The highest BCUT2D eigenvalue weighted by molar-refractivity contribution is 6.30. The van der Waals surface area contributed by atoms with E-state index in [2.05, 4.69) is 10.00 Å². The standard InChI is InChI=1S/C12H22ClN3O2/c1-3-11-10(12(13)15(2)14-11)9-16(6-8-18)5-4-7-17/h17-18H,3-9H2,1-2H3. The number of nitrogens with zero attached hydrogens (tertiary/aromatic N) is 3.